The first-order valence-electron chi connectivity index (χ1n) is 6.53. The Morgan fingerprint density at radius 1 is 1.25 bits per heavy atom. The molecule has 7 nitrogen and oxygen atoms in total. The first-order chi connectivity index (χ1) is 9.37. The van der Waals surface area contributed by atoms with Crippen molar-refractivity contribution in [2.24, 2.45) is 0 Å². The minimum atomic E-state index is -0.976. The zero-order valence-electron chi connectivity index (χ0n) is 11.7. The van der Waals surface area contributed by atoms with Crippen LogP contribution in [0.4, 0.5) is 5.82 Å². The van der Waals surface area contributed by atoms with Crippen LogP contribution in [-0.2, 0) is 12.8 Å². The molecule has 0 saturated carbocycles. The van der Waals surface area contributed by atoms with Gasteiger partial charge in [-0.05, 0) is 33.6 Å². The summed E-state index contributed by atoms with van der Waals surface area (Å²) in [6.07, 6.45) is 1.39. The Hall–Kier alpha value is -2.31. The van der Waals surface area contributed by atoms with E-state index in [1.807, 2.05) is 20.8 Å². The Labute approximate surface area is 115 Å². The van der Waals surface area contributed by atoms with Gasteiger partial charge in [0.25, 0.3) is 0 Å². The molecule has 1 aliphatic carbocycles. The van der Waals surface area contributed by atoms with Gasteiger partial charge in [-0.15, -0.1) is 0 Å². The summed E-state index contributed by atoms with van der Waals surface area (Å²) in [6.45, 7) is 6.14. The Balaban J connectivity index is 2.11. The van der Waals surface area contributed by atoms with Crippen LogP contribution in [0.3, 0.4) is 0 Å². The van der Waals surface area contributed by atoms with Crippen LogP contribution >= 0.6 is 0 Å². The van der Waals surface area contributed by atoms with Gasteiger partial charge in [0.1, 0.15) is 11.4 Å². The lowest BCUT2D eigenvalue weighted by Crippen LogP contribution is -2.26. The molecule has 0 fully saturated rings. The van der Waals surface area contributed by atoms with Crippen LogP contribution in [0, 0.1) is 0 Å². The van der Waals surface area contributed by atoms with Crippen LogP contribution in [0.5, 0.6) is 0 Å². The third kappa shape index (κ3) is 1.95. The van der Waals surface area contributed by atoms with E-state index >= 15 is 0 Å². The number of nitrogens with one attached hydrogen (secondary N) is 3. The molecule has 2 aromatic heterocycles. The molecule has 3 rings (SSSR count). The van der Waals surface area contributed by atoms with Crippen molar-refractivity contribution in [3.8, 4) is 11.3 Å². The molecule has 106 valence electrons. The first kappa shape index (κ1) is 12.7. The third-order valence-corrected chi connectivity index (χ3v) is 3.28. The minimum Gasteiger partial charge on any atom is -0.477 e. The monoisotopic (exact) mass is 275 g/mol. The highest BCUT2D eigenvalue weighted by molar-refractivity contribution is 5.91. The fourth-order valence-electron chi connectivity index (χ4n) is 2.50. The van der Waals surface area contributed by atoms with Gasteiger partial charge in [-0.2, -0.15) is 10.2 Å². The number of aromatic nitrogens is 4. The van der Waals surface area contributed by atoms with Crippen molar-refractivity contribution in [1.82, 2.24) is 20.4 Å². The number of anilines is 1. The van der Waals surface area contributed by atoms with E-state index in [0.717, 1.165) is 29.1 Å². The van der Waals surface area contributed by atoms with Crippen LogP contribution in [0.1, 0.15) is 42.5 Å². The maximum Gasteiger partial charge on any atom is 0.354 e. The molecular formula is C13H17N5O2. The van der Waals surface area contributed by atoms with Gasteiger partial charge >= 0.3 is 5.97 Å². The summed E-state index contributed by atoms with van der Waals surface area (Å²) in [4.78, 5) is 11.2. The van der Waals surface area contributed by atoms with Gasteiger partial charge in [0.15, 0.2) is 5.82 Å². The van der Waals surface area contributed by atoms with Crippen molar-refractivity contribution in [3.05, 3.63) is 17.0 Å². The summed E-state index contributed by atoms with van der Waals surface area (Å²) in [5.41, 5.74) is 3.35. The number of carbonyl (C=O) groups is 1. The molecule has 7 heteroatoms. The van der Waals surface area contributed by atoms with Crippen molar-refractivity contribution in [1.29, 1.82) is 0 Å². The number of carboxylic acids is 1. The molecule has 0 aliphatic heterocycles. The quantitative estimate of drug-likeness (QED) is 0.668. The van der Waals surface area contributed by atoms with Gasteiger partial charge < -0.3 is 10.4 Å². The second-order valence-electron chi connectivity index (χ2n) is 6.03. The number of aromatic carboxylic acids is 1. The molecule has 2 aromatic rings. The smallest absolute Gasteiger partial charge is 0.354 e. The standard InChI is InChI=1S/C13H17N5O2/c1-13(2,3)14-11-8-7(15-18-11)5-4-6-9(8)16-17-10(6)12(19)20/h4-5H2,1-3H3,(H,16,17)(H,19,20)(H2,14,15,18). The summed E-state index contributed by atoms with van der Waals surface area (Å²) >= 11 is 0. The lowest BCUT2D eigenvalue weighted by Gasteiger charge is -2.22. The first-order valence-corrected chi connectivity index (χ1v) is 6.53. The number of carboxylic acid groups (broad SMARTS) is 1. The highest BCUT2D eigenvalue weighted by Gasteiger charge is 2.30. The average Bonchev–Trinajstić information content (AvgIpc) is 2.90. The zero-order valence-corrected chi connectivity index (χ0v) is 11.7. The van der Waals surface area contributed by atoms with E-state index in [1.165, 1.54) is 0 Å². The maximum absolute atomic E-state index is 11.2. The summed E-state index contributed by atoms with van der Waals surface area (Å²) in [7, 11) is 0. The van der Waals surface area contributed by atoms with Crippen LogP contribution in [0.15, 0.2) is 0 Å². The van der Waals surface area contributed by atoms with Crippen molar-refractivity contribution >= 4 is 11.8 Å². The molecule has 0 bridgehead atoms. The van der Waals surface area contributed by atoms with Gasteiger partial charge in [-0.25, -0.2) is 4.79 Å². The van der Waals surface area contributed by atoms with Crippen LogP contribution in [-0.4, -0.2) is 37.0 Å². The van der Waals surface area contributed by atoms with Crippen molar-refractivity contribution < 1.29 is 9.90 Å². The number of H-pyrrole nitrogens is 2. The summed E-state index contributed by atoms with van der Waals surface area (Å²) < 4.78 is 0. The molecule has 0 unspecified atom stereocenters. The predicted molar refractivity (Wildman–Crippen MR) is 73.9 cm³/mol. The van der Waals surface area contributed by atoms with Gasteiger partial charge in [0.05, 0.1) is 5.56 Å². The van der Waals surface area contributed by atoms with Crippen molar-refractivity contribution in [3.63, 3.8) is 0 Å². The van der Waals surface area contributed by atoms with Gasteiger partial charge in [-0.1, -0.05) is 0 Å². The van der Waals surface area contributed by atoms with E-state index < -0.39 is 5.97 Å². The topological polar surface area (TPSA) is 107 Å². The molecule has 0 spiro atoms. The largest absolute Gasteiger partial charge is 0.477 e. The molecule has 0 atom stereocenters. The van der Waals surface area contributed by atoms with Crippen LogP contribution in [0.2, 0.25) is 0 Å². The summed E-state index contributed by atoms with van der Waals surface area (Å²) in [5, 5.41) is 26.6. The SMILES string of the molecule is CC(C)(C)Nc1n[nH]c2c1-c1n[nH]c(C(=O)O)c1CC2. The number of hydrogen-bond donors (Lipinski definition) is 4. The lowest BCUT2D eigenvalue weighted by atomic mass is 9.93. The fraction of sp³-hybridized carbons (Fsp3) is 0.462. The predicted octanol–water partition coefficient (Wildman–Crippen LogP) is 1.81. The number of nitrogens with zero attached hydrogens (tertiary/aromatic N) is 2. The van der Waals surface area contributed by atoms with Gasteiger partial charge in [-0.3, -0.25) is 10.2 Å². The van der Waals surface area contributed by atoms with Crippen molar-refractivity contribution in [2.75, 3.05) is 5.32 Å². The molecule has 1 aliphatic rings. The highest BCUT2D eigenvalue weighted by atomic mass is 16.4. The van der Waals surface area contributed by atoms with Gasteiger partial charge in [0.2, 0.25) is 0 Å². The molecule has 0 aromatic carbocycles. The molecule has 20 heavy (non-hydrogen) atoms. The second-order valence-corrected chi connectivity index (χ2v) is 6.03. The van der Waals surface area contributed by atoms with Crippen LogP contribution in [0.25, 0.3) is 11.3 Å². The second kappa shape index (κ2) is 4.09. The van der Waals surface area contributed by atoms with E-state index in [1.54, 1.807) is 0 Å². The molecular weight excluding hydrogens is 258 g/mol. The molecule has 0 radical (unpaired) electrons. The number of rotatable bonds is 2. The number of hydrogen-bond acceptors (Lipinski definition) is 4. The third-order valence-electron chi connectivity index (χ3n) is 3.28. The maximum atomic E-state index is 11.2. The van der Waals surface area contributed by atoms with E-state index in [9.17, 15) is 9.90 Å². The summed E-state index contributed by atoms with van der Waals surface area (Å²) in [5.74, 6) is -0.257. The van der Waals surface area contributed by atoms with E-state index in [2.05, 4.69) is 25.7 Å². The van der Waals surface area contributed by atoms with E-state index in [-0.39, 0.29) is 11.2 Å². The molecule has 2 heterocycles. The Morgan fingerprint density at radius 3 is 2.65 bits per heavy atom. The Morgan fingerprint density at radius 2 is 2.00 bits per heavy atom. The average molecular weight is 275 g/mol. The Bertz CT molecular complexity index is 677. The van der Waals surface area contributed by atoms with Crippen LogP contribution < -0.4 is 5.32 Å². The zero-order chi connectivity index (χ0) is 14.5. The number of aryl methyl sites for hydroxylation is 1. The summed E-state index contributed by atoms with van der Waals surface area (Å²) in [6, 6.07) is 0. The molecule has 0 saturated heterocycles. The normalized spacial score (nSPS) is 13.8. The molecule has 4 N–H and O–H groups in total. The van der Waals surface area contributed by atoms with E-state index in [4.69, 9.17) is 0 Å². The Kier molecular flexibility index (Phi) is 2.60. The lowest BCUT2D eigenvalue weighted by molar-refractivity contribution is 0.0689. The number of aromatic amines is 2. The van der Waals surface area contributed by atoms with E-state index in [0.29, 0.717) is 12.1 Å². The number of fused-ring (bicyclic) bond motifs is 3. The minimum absolute atomic E-state index is 0.132. The van der Waals surface area contributed by atoms with Gasteiger partial charge in [0, 0.05) is 16.8 Å². The van der Waals surface area contributed by atoms with Crippen molar-refractivity contribution in [2.45, 2.75) is 39.2 Å². The highest BCUT2D eigenvalue weighted by Crippen LogP contribution is 2.38. The fourth-order valence-corrected chi connectivity index (χ4v) is 2.50. The molecule has 0 amide bonds.